The molecule has 0 bridgehead atoms. The van der Waals surface area contributed by atoms with Gasteiger partial charge in [-0.05, 0) is 18.1 Å². The van der Waals surface area contributed by atoms with Crippen molar-refractivity contribution in [2.75, 3.05) is 7.11 Å². The Morgan fingerprint density at radius 1 is 1.24 bits per heavy atom. The Labute approximate surface area is 165 Å². The van der Waals surface area contributed by atoms with Crippen LogP contribution in [0.5, 0.6) is 5.75 Å². The minimum absolute atomic E-state index is 0.00491. The van der Waals surface area contributed by atoms with Crippen LogP contribution >= 0.6 is 0 Å². The summed E-state index contributed by atoms with van der Waals surface area (Å²) in [5.74, 6) is 0.998. The van der Waals surface area contributed by atoms with Crippen molar-refractivity contribution in [3.63, 3.8) is 0 Å². The van der Waals surface area contributed by atoms with Crippen LogP contribution in [0.25, 0.3) is 17.2 Å². The summed E-state index contributed by atoms with van der Waals surface area (Å²) in [4.78, 5) is 25.1. The van der Waals surface area contributed by atoms with Gasteiger partial charge in [-0.3, -0.25) is 0 Å². The molecule has 0 atom stereocenters. The normalized spacial score (nSPS) is 11.2. The largest absolute Gasteiger partial charge is 0.496 e. The highest BCUT2D eigenvalue weighted by atomic mass is 16.6. The Balaban J connectivity index is 1.53. The van der Waals surface area contributed by atoms with Gasteiger partial charge in [0, 0.05) is 6.20 Å². The molecule has 1 aromatic carbocycles. The number of carbonyl (C=O) groups is 1. The molecule has 0 saturated carbocycles. The lowest BCUT2D eigenvalue weighted by Gasteiger charge is -2.12. The van der Waals surface area contributed by atoms with Crippen molar-refractivity contribution in [1.82, 2.24) is 29.7 Å². The molecule has 10 nitrogen and oxygen atoms in total. The fourth-order valence-electron chi connectivity index (χ4n) is 2.97. The number of benzene rings is 1. The quantitative estimate of drug-likeness (QED) is 0.455. The summed E-state index contributed by atoms with van der Waals surface area (Å²) in [7, 11) is 1.56. The van der Waals surface area contributed by atoms with E-state index in [1.165, 1.54) is 17.0 Å². The van der Waals surface area contributed by atoms with Crippen molar-refractivity contribution in [3.05, 3.63) is 53.9 Å². The summed E-state index contributed by atoms with van der Waals surface area (Å²) in [5.41, 5.74) is 1.65. The van der Waals surface area contributed by atoms with E-state index in [1.54, 1.807) is 13.2 Å². The predicted octanol–water partition coefficient (Wildman–Crippen LogP) is 2.66. The zero-order valence-corrected chi connectivity index (χ0v) is 16.1. The van der Waals surface area contributed by atoms with Crippen molar-refractivity contribution in [1.29, 1.82) is 0 Å². The zero-order chi connectivity index (χ0) is 20.4. The molecular formula is C19H18N6O4. The third kappa shape index (κ3) is 3.51. The molecule has 0 aliphatic carbocycles. The van der Waals surface area contributed by atoms with Gasteiger partial charge in [0.15, 0.2) is 6.61 Å². The van der Waals surface area contributed by atoms with E-state index in [9.17, 15) is 4.79 Å². The van der Waals surface area contributed by atoms with Crippen molar-refractivity contribution < 1.29 is 18.8 Å². The van der Waals surface area contributed by atoms with Crippen LogP contribution < -0.4 is 4.74 Å². The maximum atomic E-state index is 12.7. The molecule has 0 unspecified atom stereocenters. The molecule has 0 aliphatic heterocycles. The first-order chi connectivity index (χ1) is 14.1. The number of aromatic nitrogens is 6. The Morgan fingerprint density at radius 3 is 2.86 bits per heavy atom. The van der Waals surface area contributed by atoms with E-state index in [-0.39, 0.29) is 18.4 Å². The van der Waals surface area contributed by atoms with E-state index in [2.05, 4.69) is 25.2 Å². The Hall–Kier alpha value is -3.82. The van der Waals surface area contributed by atoms with Crippen molar-refractivity contribution in [2.45, 2.75) is 26.4 Å². The standard InChI is InChI=1S/C19H18N6O4/c1-11(2)16-13(8-20-19-21-10-22-25(16)19)18(26)28-9-15-23-17(24-29-15)12-6-4-5-7-14(12)27-3/h4-8,10-11H,9H2,1-3H3. The molecule has 0 amide bonds. The molecule has 0 saturated heterocycles. The number of carbonyl (C=O) groups excluding carboxylic acids is 1. The van der Waals surface area contributed by atoms with E-state index in [0.29, 0.717) is 34.2 Å². The fraction of sp³-hybridized carbons (Fsp3) is 0.263. The first-order valence-electron chi connectivity index (χ1n) is 8.90. The van der Waals surface area contributed by atoms with Gasteiger partial charge in [-0.1, -0.05) is 31.1 Å². The van der Waals surface area contributed by atoms with Crippen LogP contribution in [0.3, 0.4) is 0 Å². The van der Waals surface area contributed by atoms with Crippen LogP contribution in [0.1, 0.15) is 41.7 Å². The molecule has 148 valence electrons. The number of esters is 1. The molecule has 29 heavy (non-hydrogen) atoms. The number of fused-ring (bicyclic) bond motifs is 1. The third-order valence-electron chi connectivity index (χ3n) is 4.25. The molecule has 0 N–H and O–H groups in total. The van der Waals surface area contributed by atoms with Gasteiger partial charge in [0.1, 0.15) is 12.1 Å². The molecule has 10 heteroatoms. The van der Waals surface area contributed by atoms with E-state index in [0.717, 1.165) is 0 Å². The van der Waals surface area contributed by atoms with E-state index in [1.807, 2.05) is 32.0 Å². The van der Waals surface area contributed by atoms with Crippen molar-refractivity contribution >= 4 is 11.7 Å². The number of hydrogen-bond donors (Lipinski definition) is 0. The third-order valence-corrected chi connectivity index (χ3v) is 4.25. The summed E-state index contributed by atoms with van der Waals surface area (Å²) >= 11 is 0. The highest BCUT2D eigenvalue weighted by Gasteiger charge is 2.21. The van der Waals surface area contributed by atoms with Crippen LogP contribution in [0.2, 0.25) is 0 Å². The van der Waals surface area contributed by atoms with Crippen molar-refractivity contribution in [3.8, 4) is 17.1 Å². The second kappa shape index (κ2) is 7.66. The minimum atomic E-state index is -0.560. The topological polar surface area (TPSA) is 118 Å². The maximum Gasteiger partial charge on any atom is 0.342 e. The van der Waals surface area contributed by atoms with Gasteiger partial charge in [0.25, 0.3) is 11.7 Å². The Kier molecular flexibility index (Phi) is 4.90. The molecule has 4 aromatic rings. The first kappa shape index (κ1) is 18.5. The molecule has 4 rings (SSSR count). The highest BCUT2D eigenvalue weighted by molar-refractivity contribution is 5.90. The van der Waals surface area contributed by atoms with Crippen LogP contribution in [0.15, 0.2) is 41.3 Å². The molecule has 0 radical (unpaired) electrons. The van der Waals surface area contributed by atoms with Gasteiger partial charge in [-0.15, -0.1) is 0 Å². The van der Waals surface area contributed by atoms with E-state index < -0.39 is 5.97 Å². The summed E-state index contributed by atoms with van der Waals surface area (Å²) in [6.07, 6.45) is 2.83. The lowest BCUT2D eigenvalue weighted by atomic mass is 10.1. The lowest BCUT2D eigenvalue weighted by Crippen LogP contribution is -2.14. The highest BCUT2D eigenvalue weighted by Crippen LogP contribution is 2.27. The number of para-hydroxylation sites is 1. The monoisotopic (exact) mass is 394 g/mol. The Bertz CT molecular complexity index is 1170. The van der Waals surface area contributed by atoms with Gasteiger partial charge >= 0.3 is 5.97 Å². The molecule has 3 aromatic heterocycles. The van der Waals surface area contributed by atoms with Crippen LogP contribution in [-0.4, -0.2) is 42.8 Å². The van der Waals surface area contributed by atoms with E-state index >= 15 is 0 Å². The fourth-order valence-corrected chi connectivity index (χ4v) is 2.97. The van der Waals surface area contributed by atoms with Gasteiger partial charge in [-0.25, -0.2) is 14.3 Å². The van der Waals surface area contributed by atoms with Gasteiger partial charge in [0.2, 0.25) is 5.82 Å². The smallest absolute Gasteiger partial charge is 0.342 e. The lowest BCUT2D eigenvalue weighted by molar-refractivity contribution is 0.0426. The SMILES string of the molecule is COc1ccccc1-c1noc(COC(=O)c2cnc3ncnn3c2C(C)C)n1. The van der Waals surface area contributed by atoms with Crippen molar-refractivity contribution in [2.24, 2.45) is 0 Å². The predicted molar refractivity (Wildman–Crippen MR) is 100 cm³/mol. The molecular weight excluding hydrogens is 376 g/mol. The van der Waals surface area contributed by atoms with Crippen LogP contribution in [-0.2, 0) is 11.3 Å². The van der Waals surface area contributed by atoms with Gasteiger partial charge in [0.05, 0.1) is 23.9 Å². The number of rotatable bonds is 6. The Morgan fingerprint density at radius 2 is 2.07 bits per heavy atom. The summed E-state index contributed by atoms with van der Waals surface area (Å²) < 4.78 is 17.4. The summed E-state index contributed by atoms with van der Waals surface area (Å²) in [5, 5.41) is 8.07. The second-order valence-electron chi connectivity index (χ2n) is 6.47. The van der Waals surface area contributed by atoms with Crippen LogP contribution in [0.4, 0.5) is 0 Å². The summed E-state index contributed by atoms with van der Waals surface area (Å²) in [6.45, 7) is 3.73. The number of nitrogens with zero attached hydrogens (tertiary/aromatic N) is 6. The summed E-state index contributed by atoms with van der Waals surface area (Å²) in [6, 6.07) is 7.30. The molecule has 0 fully saturated rings. The molecule has 3 heterocycles. The first-order valence-corrected chi connectivity index (χ1v) is 8.90. The second-order valence-corrected chi connectivity index (χ2v) is 6.47. The van der Waals surface area contributed by atoms with E-state index in [4.69, 9.17) is 14.0 Å². The number of hydrogen-bond acceptors (Lipinski definition) is 9. The number of methoxy groups -OCH3 is 1. The maximum absolute atomic E-state index is 12.7. The average Bonchev–Trinajstić information content (AvgIpc) is 3.40. The van der Waals surface area contributed by atoms with Crippen LogP contribution in [0, 0.1) is 0 Å². The minimum Gasteiger partial charge on any atom is -0.496 e. The van der Waals surface area contributed by atoms with Gasteiger partial charge < -0.3 is 14.0 Å². The zero-order valence-electron chi connectivity index (χ0n) is 16.1. The molecule has 0 aliphatic rings. The number of ether oxygens (including phenoxy) is 2. The van der Waals surface area contributed by atoms with Gasteiger partial charge in [-0.2, -0.15) is 15.1 Å². The molecule has 0 spiro atoms. The average molecular weight is 394 g/mol.